The predicted molar refractivity (Wildman–Crippen MR) is 85.5 cm³/mol. The number of nitrogens with one attached hydrogen (secondary N) is 1. The summed E-state index contributed by atoms with van der Waals surface area (Å²) in [6.45, 7) is 0.313. The molecule has 23 heavy (non-hydrogen) atoms. The van der Waals surface area contributed by atoms with Crippen LogP contribution in [-0.4, -0.2) is 31.6 Å². The molecule has 4 rings (SSSR count). The first kappa shape index (κ1) is 13.4. The molecule has 7 heteroatoms. The number of aromatic nitrogens is 5. The summed E-state index contributed by atoms with van der Waals surface area (Å²) in [4.78, 5) is 28.5. The number of aromatic amines is 1. The summed E-state index contributed by atoms with van der Waals surface area (Å²) in [6.07, 6.45) is 3.11. The Labute approximate surface area is 130 Å². The minimum atomic E-state index is -0.138. The quantitative estimate of drug-likeness (QED) is 0.623. The van der Waals surface area contributed by atoms with Crippen molar-refractivity contribution in [3.63, 3.8) is 0 Å². The van der Waals surface area contributed by atoms with Gasteiger partial charge in [0.2, 0.25) is 0 Å². The number of ether oxygens (including phenoxy) is 1. The molecule has 1 aromatic carbocycles. The van der Waals surface area contributed by atoms with Crippen molar-refractivity contribution in [1.29, 1.82) is 0 Å². The van der Waals surface area contributed by atoms with E-state index in [4.69, 9.17) is 4.74 Å². The molecule has 0 saturated carbocycles. The molecule has 114 valence electrons. The van der Waals surface area contributed by atoms with Crippen molar-refractivity contribution in [2.75, 3.05) is 7.11 Å². The Morgan fingerprint density at radius 3 is 3.04 bits per heavy atom. The lowest BCUT2D eigenvalue weighted by atomic mass is 10.3. The summed E-state index contributed by atoms with van der Waals surface area (Å²) >= 11 is 0. The summed E-state index contributed by atoms with van der Waals surface area (Å²) in [6, 6.07) is 9.04. The van der Waals surface area contributed by atoms with E-state index in [1.54, 1.807) is 25.4 Å². The van der Waals surface area contributed by atoms with Crippen LogP contribution in [0.15, 0.2) is 47.7 Å². The summed E-state index contributed by atoms with van der Waals surface area (Å²) in [5, 5.41) is 0.493. The van der Waals surface area contributed by atoms with Crippen LogP contribution in [0.3, 0.4) is 0 Å². The molecule has 0 atom stereocenters. The minimum Gasteiger partial charge on any atom is -0.497 e. The van der Waals surface area contributed by atoms with Crippen molar-refractivity contribution < 1.29 is 4.74 Å². The second-order valence-corrected chi connectivity index (χ2v) is 5.12. The molecule has 3 heterocycles. The van der Waals surface area contributed by atoms with Crippen molar-refractivity contribution in [2.45, 2.75) is 6.54 Å². The number of fused-ring (bicyclic) bond motifs is 2. The Hall–Kier alpha value is -3.22. The third kappa shape index (κ3) is 2.32. The van der Waals surface area contributed by atoms with Crippen molar-refractivity contribution in [1.82, 2.24) is 24.5 Å². The molecule has 3 aromatic heterocycles. The van der Waals surface area contributed by atoms with Gasteiger partial charge < -0.3 is 9.72 Å². The first-order valence-electron chi connectivity index (χ1n) is 7.07. The van der Waals surface area contributed by atoms with Crippen molar-refractivity contribution in [3.05, 3.63) is 59.0 Å². The second-order valence-electron chi connectivity index (χ2n) is 5.12. The maximum absolute atomic E-state index is 12.5. The molecule has 0 aliphatic rings. The third-order valence-corrected chi connectivity index (χ3v) is 3.66. The SMILES string of the molecule is COc1ccc2nc(Cn3cnc4ncccc4c3=O)[nH]c2c1. The topological polar surface area (TPSA) is 85.7 Å². The maximum atomic E-state index is 12.5. The van der Waals surface area contributed by atoms with Gasteiger partial charge >= 0.3 is 0 Å². The number of nitrogens with zero attached hydrogens (tertiary/aromatic N) is 4. The molecule has 0 spiro atoms. The van der Waals surface area contributed by atoms with E-state index in [-0.39, 0.29) is 5.56 Å². The average Bonchev–Trinajstić information content (AvgIpc) is 2.99. The van der Waals surface area contributed by atoms with Gasteiger partial charge in [-0.1, -0.05) is 0 Å². The van der Waals surface area contributed by atoms with E-state index in [2.05, 4.69) is 19.9 Å². The molecule has 0 saturated heterocycles. The van der Waals surface area contributed by atoms with Crippen LogP contribution < -0.4 is 10.3 Å². The second kappa shape index (κ2) is 5.20. The Morgan fingerprint density at radius 2 is 2.17 bits per heavy atom. The zero-order valence-corrected chi connectivity index (χ0v) is 12.4. The average molecular weight is 307 g/mol. The van der Waals surface area contributed by atoms with Gasteiger partial charge in [-0.05, 0) is 24.3 Å². The minimum absolute atomic E-state index is 0.138. The summed E-state index contributed by atoms with van der Waals surface area (Å²) < 4.78 is 6.71. The molecular weight excluding hydrogens is 294 g/mol. The summed E-state index contributed by atoms with van der Waals surface area (Å²) in [5.41, 5.74) is 2.00. The number of hydrogen-bond acceptors (Lipinski definition) is 5. The summed E-state index contributed by atoms with van der Waals surface area (Å²) in [7, 11) is 1.62. The lowest BCUT2D eigenvalue weighted by molar-refractivity contribution is 0.415. The van der Waals surface area contributed by atoms with Crippen LogP contribution in [0.5, 0.6) is 5.75 Å². The lowest BCUT2D eigenvalue weighted by Crippen LogP contribution is -2.21. The van der Waals surface area contributed by atoms with E-state index in [0.29, 0.717) is 23.4 Å². The van der Waals surface area contributed by atoms with Gasteiger partial charge in [0.15, 0.2) is 5.65 Å². The van der Waals surface area contributed by atoms with E-state index in [0.717, 1.165) is 16.8 Å². The fraction of sp³-hybridized carbons (Fsp3) is 0.125. The zero-order chi connectivity index (χ0) is 15.8. The van der Waals surface area contributed by atoms with Crippen LogP contribution in [0, 0.1) is 0 Å². The highest BCUT2D eigenvalue weighted by molar-refractivity contribution is 5.77. The van der Waals surface area contributed by atoms with Gasteiger partial charge in [-0.3, -0.25) is 9.36 Å². The third-order valence-electron chi connectivity index (χ3n) is 3.66. The normalized spacial score (nSPS) is 11.2. The van der Waals surface area contributed by atoms with Crippen LogP contribution >= 0.6 is 0 Å². The molecule has 0 amide bonds. The molecule has 7 nitrogen and oxygen atoms in total. The Morgan fingerprint density at radius 1 is 1.26 bits per heavy atom. The Balaban J connectivity index is 1.75. The number of benzene rings is 1. The lowest BCUT2D eigenvalue weighted by Gasteiger charge is -2.03. The number of imidazole rings is 1. The molecule has 0 radical (unpaired) electrons. The number of hydrogen-bond donors (Lipinski definition) is 1. The van der Waals surface area contributed by atoms with E-state index >= 15 is 0 Å². The molecule has 1 N–H and O–H groups in total. The van der Waals surface area contributed by atoms with Crippen LogP contribution in [0.1, 0.15) is 5.82 Å². The fourth-order valence-corrected chi connectivity index (χ4v) is 2.52. The van der Waals surface area contributed by atoms with Gasteiger partial charge in [-0.25, -0.2) is 15.0 Å². The molecule has 0 fully saturated rings. The van der Waals surface area contributed by atoms with Gasteiger partial charge in [0.25, 0.3) is 5.56 Å². The van der Waals surface area contributed by atoms with Gasteiger partial charge in [0.1, 0.15) is 17.9 Å². The molecular formula is C16H13N5O2. The smallest absolute Gasteiger partial charge is 0.263 e. The van der Waals surface area contributed by atoms with Gasteiger partial charge in [0.05, 0.1) is 30.1 Å². The molecule has 0 unspecified atom stereocenters. The highest BCUT2D eigenvalue weighted by Crippen LogP contribution is 2.18. The van der Waals surface area contributed by atoms with Crippen LogP contribution in [0.25, 0.3) is 22.1 Å². The largest absolute Gasteiger partial charge is 0.497 e. The molecule has 0 bridgehead atoms. The first-order chi connectivity index (χ1) is 11.2. The van der Waals surface area contributed by atoms with Crippen LogP contribution in [0.4, 0.5) is 0 Å². The van der Waals surface area contributed by atoms with Crippen molar-refractivity contribution in [3.8, 4) is 5.75 Å². The summed E-state index contributed by atoms with van der Waals surface area (Å²) in [5.74, 6) is 1.43. The number of rotatable bonds is 3. The zero-order valence-electron chi connectivity index (χ0n) is 12.4. The molecule has 0 aliphatic heterocycles. The molecule has 4 aromatic rings. The monoisotopic (exact) mass is 307 g/mol. The molecule has 0 aliphatic carbocycles. The fourth-order valence-electron chi connectivity index (χ4n) is 2.52. The van der Waals surface area contributed by atoms with Crippen molar-refractivity contribution in [2.24, 2.45) is 0 Å². The van der Waals surface area contributed by atoms with E-state index < -0.39 is 0 Å². The number of H-pyrrole nitrogens is 1. The Kier molecular flexibility index (Phi) is 3.04. The van der Waals surface area contributed by atoms with Crippen LogP contribution in [0.2, 0.25) is 0 Å². The van der Waals surface area contributed by atoms with E-state index in [9.17, 15) is 4.79 Å². The number of methoxy groups -OCH3 is 1. The van der Waals surface area contributed by atoms with Gasteiger partial charge in [-0.2, -0.15) is 0 Å². The Bertz CT molecular complexity index is 1070. The maximum Gasteiger partial charge on any atom is 0.263 e. The predicted octanol–water partition coefficient (Wildman–Crippen LogP) is 1.72. The highest BCUT2D eigenvalue weighted by atomic mass is 16.5. The van der Waals surface area contributed by atoms with Crippen LogP contribution in [-0.2, 0) is 6.54 Å². The van der Waals surface area contributed by atoms with Gasteiger partial charge in [-0.15, -0.1) is 0 Å². The van der Waals surface area contributed by atoms with E-state index in [1.807, 2.05) is 18.2 Å². The number of pyridine rings is 1. The standard InChI is InChI=1S/C16H13N5O2/c1-23-10-4-5-12-13(7-10)20-14(19-12)8-21-9-18-15-11(16(21)22)3-2-6-17-15/h2-7,9H,8H2,1H3,(H,19,20). The van der Waals surface area contributed by atoms with Crippen molar-refractivity contribution >= 4 is 22.1 Å². The van der Waals surface area contributed by atoms with E-state index in [1.165, 1.54) is 10.9 Å². The van der Waals surface area contributed by atoms with Gasteiger partial charge in [0, 0.05) is 12.3 Å². The highest BCUT2D eigenvalue weighted by Gasteiger charge is 2.08. The first-order valence-corrected chi connectivity index (χ1v) is 7.07.